The lowest BCUT2D eigenvalue weighted by molar-refractivity contribution is 0.0963. The maximum Gasteiger partial charge on any atom is 0.251 e. The molecular formula is C18H16N6O. The third-order valence-corrected chi connectivity index (χ3v) is 4.07. The fourth-order valence-corrected chi connectivity index (χ4v) is 2.85. The zero-order valence-electron chi connectivity index (χ0n) is 13.6. The summed E-state index contributed by atoms with van der Waals surface area (Å²) >= 11 is 0. The molecular weight excluding hydrogens is 316 g/mol. The van der Waals surface area contributed by atoms with Gasteiger partial charge in [0.2, 0.25) is 0 Å². The summed E-state index contributed by atoms with van der Waals surface area (Å²) in [5.74, 6) is 0.573. The van der Waals surface area contributed by atoms with Gasteiger partial charge < -0.3 is 9.88 Å². The minimum Gasteiger partial charge on any atom is -0.355 e. The number of fused-ring (bicyclic) bond motifs is 1. The van der Waals surface area contributed by atoms with Gasteiger partial charge in [-0.2, -0.15) is 15.4 Å². The topological polar surface area (TPSA) is 88.5 Å². The number of carbonyl (C=O) groups excluding carboxylic acids is 1. The number of aromatic amines is 1. The molecule has 0 saturated heterocycles. The third-order valence-electron chi connectivity index (χ3n) is 4.07. The van der Waals surface area contributed by atoms with Crippen molar-refractivity contribution in [3.05, 3.63) is 65.9 Å². The SMILES string of the molecule is CNC(=O)c1ccc2c(c1)nc(-c1cn[nH]n1)n2Cc1ccccc1. The first-order valence-electron chi connectivity index (χ1n) is 7.88. The maximum absolute atomic E-state index is 11.9. The second-order valence-electron chi connectivity index (χ2n) is 5.65. The molecule has 0 aliphatic heterocycles. The smallest absolute Gasteiger partial charge is 0.251 e. The van der Waals surface area contributed by atoms with Crippen molar-refractivity contribution < 1.29 is 4.79 Å². The second kappa shape index (κ2) is 6.20. The molecule has 7 nitrogen and oxygen atoms in total. The lowest BCUT2D eigenvalue weighted by Gasteiger charge is -2.08. The molecule has 4 rings (SSSR count). The van der Waals surface area contributed by atoms with E-state index in [1.807, 2.05) is 24.3 Å². The number of hydrogen-bond donors (Lipinski definition) is 2. The summed E-state index contributed by atoms with van der Waals surface area (Å²) in [5.41, 5.74) is 4.08. The van der Waals surface area contributed by atoms with Crippen molar-refractivity contribution in [3.8, 4) is 11.5 Å². The molecule has 25 heavy (non-hydrogen) atoms. The summed E-state index contributed by atoms with van der Waals surface area (Å²) in [7, 11) is 1.61. The molecule has 0 aliphatic rings. The van der Waals surface area contributed by atoms with E-state index in [2.05, 4.69) is 42.4 Å². The molecule has 2 aromatic heterocycles. The molecule has 0 saturated carbocycles. The van der Waals surface area contributed by atoms with Crippen LogP contribution in [0.1, 0.15) is 15.9 Å². The van der Waals surface area contributed by atoms with E-state index in [-0.39, 0.29) is 5.91 Å². The van der Waals surface area contributed by atoms with E-state index >= 15 is 0 Å². The highest BCUT2D eigenvalue weighted by Gasteiger charge is 2.16. The Kier molecular flexibility index (Phi) is 3.74. The predicted octanol–water partition coefficient (Wildman–Crippen LogP) is 2.23. The van der Waals surface area contributed by atoms with Gasteiger partial charge in [-0.05, 0) is 23.8 Å². The van der Waals surface area contributed by atoms with Crippen LogP contribution in [0.4, 0.5) is 0 Å². The highest BCUT2D eigenvalue weighted by Crippen LogP contribution is 2.25. The minimum absolute atomic E-state index is 0.137. The number of aromatic nitrogens is 5. The van der Waals surface area contributed by atoms with E-state index in [4.69, 9.17) is 0 Å². The van der Waals surface area contributed by atoms with Gasteiger partial charge in [0.15, 0.2) is 5.82 Å². The molecule has 1 amide bonds. The Labute approximate surface area is 143 Å². The monoisotopic (exact) mass is 332 g/mol. The Morgan fingerprint density at radius 2 is 2.04 bits per heavy atom. The van der Waals surface area contributed by atoms with Crippen molar-refractivity contribution in [2.45, 2.75) is 6.54 Å². The van der Waals surface area contributed by atoms with Crippen LogP contribution in [0.3, 0.4) is 0 Å². The van der Waals surface area contributed by atoms with Crippen molar-refractivity contribution in [1.29, 1.82) is 0 Å². The van der Waals surface area contributed by atoms with Crippen LogP contribution in [0.2, 0.25) is 0 Å². The first-order valence-corrected chi connectivity index (χ1v) is 7.88. The Bertz CT molecular complexity index is 1020. The van der Waals surface area contributed by atoms with Gasteiger partial charge in [0.25, 0.3) is 5.91 Å². The maximum atomic E-state index is 11.9. The summed E-state index contributed by atoms with van der Waals surface area (Å²) in [5, 5.41) is 13.3. The molecule has 0 bridgehead atoms. The Hall–Kier alpha value is -3.48. The molecule has 0 atom stereocenters. The zero-order valence-corrected chi connectivity index (χ0v) is 13.6. The minimum atomic E-state index is -0.137. The first-order chi connectivity index (χ1) is 12.3. The average molecular weight is 332 g/mol. The fraction of sp³-hybridized carbons (Fsp3) is 0.111. The van der Waals surface area contributed by atoms with Gasteiger partial charge in [-0.25, -0.2) is 4.98 Å². The molecule has 124 valence electrons. The summed E-state index contributed by atoms with van der Waals surface area (Å²) < 4.78 is 2.08. The normalized spacial score (nSPS) is 10.9. The largest absolute Gasteiger partial charge is 0.355 e. The van der Waals surface area contributed by atoms with Gasteiger partial charge in [0.1, 0.15) is 5.69 Å². The highest BCUT2D eigenvalue weighted by atomic mass is 16.1. The molecule has 0 spiro atoms. The van der Waals surface area contributed by atoms with Gasteiger partial charge in [-0.3, -0.25) is 4.79 Å². The zero-order chi connectivity index (χ0) is 17.2. The molecule has 7 heteroatoms. The van der Waals surface area contributed by atoms with Crippen LogP contribution in [-0.2, 0) is 6.54 Å². The van der Waals surface area contributed by atoms with E-state index in [9.17, 15) is 4.79 Å². The molecule has 0 aliphatic carbocycles. The van der Waals surface area contributed by atoms with Crippen molar-refractivity contribution in [2.24, 2.45) is 0 Å². The van der Waals surface area contributed by atoms with E-state index < -0.39 is 0 Å². The number of H-pyrrole nitrogens is 1. The lowest BCUT2D eigenvalue weighted by Crippen LogP contribution is -2.17. The van der Waals surface area contributed by atoms with Crippen LogP contribution in [0, 0.1) is 0 Å². The number of carbonyl (C=O) groups is 1. The second-order valence-corrected chi connectivity index (χ2v) is 5.65. The predicted molar refractivity (Wildman–Crippen MR) is 94.0 cm³/mol. The Morgan fingerprint density at radius 1 is 1.20 bits per heavy atom. The van der Waals surface area contributed by atoms with Gasteiger partial charge in [0, 0.05) is 19.2 Å². The third kappa shape index (κ3) is 2.76. The number of rotatable bonds is 4. The number of nitrogens with one attached hydrogen (secondary N) is 2. The van der Waals surface area contributed by atoms with Crippen LogP contribution in [-0.4, -0.2) is 37.9 Å². The van der Waals surface area contributed by atoms with Crippen LogP contribution in [0.25, 0.3) is 22.6 Å². The fourth-order valence-electron chi connectivity index (χ4n) is 2.85. The number of hydrogen-bond acceptors (Lipinski definition) is 4. The molecule has 0 fully saturated rings. The highest BCUT2D eigenvalue weighted by molar-refractivity contribution is 5.97. The van der Waals surface area contributed by atoms with Crippen LogP contribution in [0.15, 0.2) is 54.7 Å². The summed E-state index contributed by atoms with van der Waals surface area (Å²) in [6, 6.07) is 15.6. The van der Waals surface area contributed by atoms with Gasteiger partial charge >= 0.3 is 0 Å². The number of benzene rings is 2. The summed E-state index contributed by atoms with van der Waals surface area (Å²) in [6.07, 6.45) is 1.64. The van der Waals surface area contributed by atoms with Crippen molar-refractivity contribution in [2.75, 3.05) is 7.05 Å². The van der Waals surface area contributed by atoms with Crippen molar-refractivity contribution >= 4 is 16.9 Å². The molecule has 0 radical (unpaired) electrons. The Balaban J connectivity index is 1.88. The quantitative estimate of drug-likeness (QED) is 0.600. The van der Waals surface area contributed by atoms with Crippen molar-refractivity contribution in [3.63, 3.8) is 0 Å². The summed E-state index contributed by atoms with van der Waals surface area (Å²) in [4.78, 5) is 16.6. The van der Waals surface area contributed by atoms with E-state index in [1.165, 1.54) is 0 Å². The number of imidazole rings is 1. The Morgan fingerprint density at radius 3 is 2.76 bits per heavy atom. The molecule has 0 unspecified atom stereocenters. The molecule has 2 aromatic carbocycles. The van der Waals surface area contributed by atoms with Gasteiger partial charge in [0.05, 0.1) is 17.2 Å². The molecule has 2 heterocycles. The standard InChI is InChI=1S/C18H16N6O/c1-19-18(25)13-7-8-16-14(9-13)21-17(15-10-20-23-22-15)24(16)11-12-5-3-2-4-6-12/h2-10H,11H2,1H3,(H,19,25)(H,20,22,23). The van der Waals surface area contributed by atoms with E-state index in [0.29, 0.717) is 23.6 Å². The molecule has 2 N–H and O–H groups in total. The number of amides is 1. The van der Waals surface area contributed by atoms with Crippen LogP contribution >= 0.6 is 0 Å². The van der Waals surface area contributed by atoms with Gasteiger partial charge in [-0.15, -0.1) is 0 Å². The average Bonchev–Trinajstić information content (AvgIpc) is 3.29. The van der Waals surface area contributed by atoms with Crippen molar-refractivity contribution in [1.82, 2.24) is 30.3 Å². The van der Waals surface area contributed by atoms with Gasteiger partial charge in [-0.1, -0.05) is 30.3 Å². The number of nitrogens with zero attached hydrogens (tertiary/aromatic N) is 4. The van der Waals surface area contributed by atoms with E-state index in [0.717, 1.165) is 16.6 Å². The lowest BCUT2D eigenvalue weighted by atomic mass is 10.2. The van der Waals surface area contributed by atoms with Crippen LogP contribution in [0.5, 0.6) is 0 Å². The molecule has 4 aromatic rings. The van der Waals surface area contributed by atoms with Crippen LogP contribution < -0.4 is 5.32 Å². The summed E-state index contributed by atoms with van der Waals surface area (Å²) in [6.45, 7) is 0.652. The first kappa shape index (κ1) is 15.1. The van der Waals surface area contributed by atoms with E-state index in [1.54, 1.807) is 25.4 Å².